The highest BCUT2D eigenvalue weighted by Crippen LogP contribution is 2.26. The third-order valence-corrected chi connectivity index (χ3v) is 6.15. The largest absolute Gasteiger partial charge is 0.457 e. The van der Waals surface area contributed by atoms with Crippen LogP contribution < -0.4 is 25.6 Å². The van der Waals surface area contributed by atoms with Gasteiger partial charge >= 0.3 is 12.1 Å². The van der Waals surface area contributed by atoms with Crippen molar-refractivity contribution in [2.45, 2.75) is 0 Å². The van der Waals surface area contributed by atoms with Crippen molar-refractivity contribution >= 4 is 39.9 Å². The molecule has 0 atom stereocenters. The first-order valence-corrected chi connectivity index (χ1v) is 12.8. The quantitative estimate of drug-likeness (QED) is 0.191. The lowest BCUT2D eigenvalue weighted by Gasteiger charge is -2.24. The van der Waals surface area contributed by atoms with Crippen LogP contribution >= 0.6 is 0 Å². The van der Waals surface area contributed by atoms with E-state index in [1.165, 1.54) is 17.0 Å². The lowest BCUT2D eigenvalue weighted by Crippen LogP contribution is -2.42. The summed E-state index contributed by atoms with van der Waals surface area (Å²) in [6, 6.07) is 34.7. The molecular weight excluding hydrogens is 507 g/mol. The summed E-state index contributed by atoms with van der Waals surface area (Å²) in [5, 5.41) is 10.2. The first kappa shape index (κ1) is 26.2. The Labute approximate surface area is 231 Å². The average Bonchev–Trinajstić information content (AvgIpc) is 2.98. The highest BCUT2D eigenvalue weighted by Gasteiger charge is 2.18. The minimum atomic E-state index is -0.546. The second-order valence-electron chi connectivity index (χ2n) is 8.88. The number of fused-ring (bicyclic) bond motifs is 1. The van der Waals surface area contributed by atoms with Gasteiger partial charge in [-0.2, -0.15) is 0 Å². The van der Waals surface area contributed by atoms with E-state index >= 15 is 0 Å². The van der Waals surface area contributed by atoms with Crippen molar-refractivity contribution in [2.24, 2.45) is 0 Å². The average molecular weight is 535 g/mol. The molecule has 0 radical (unpaired) electrons. The van der Waals surface area contributed by atoms with Crippen LogP contribution in [0, 0.1) is 5.82 Å². The predicted octanol–water partition coefficient (Wildman–Crippen LogP) is 7.63. The number of hydrogen-bond donors (Lipinski definition) is 3. The van der Waals surface area contributed by atoms with Crippen LogP contribution in [-0.2, 0) is 0 Å². The molecule has 0 aliphatic rings. The van der Waals surface area contributed by atoms with E-state index in [1.807, 2.05) is 72.8 Å². The maximum absolute atomic E-state index is 14.2. The molecule has 0 fully saturated rings. The number of anilines is 3. The van der Waals surface area contributed by atoms with Gasteiger partial charge in [-0.15, -0.1) is 0 Å². The molecule has 0 bridgehead atoms. The zero-order valence-electron chi connectivity index (χ0n) is 21.5. The number of hydrogen-bond acceptors (Lipinski definition) is 3. The van der Waals surface area contributed by atoms with Crippen molar-refractivity contribution in [3.05, 3.63) is 127 Å². The summed E-state index contributed by atoms with van der Waals surface area (Å²) in [7, 11) is 0. The Morgan fingerprint density at radius 3 is 2.12 bits per heavy atom. The summed E-state index contributed by atoms with van der Waals surface area (Å²) >= 11 is 0. The van der Waals surface area contributed by atoms with E-state index in [4.69, 9.17) is 4.74 Å². The van der Waals surface area contributed by atoms with Crippen LogP contribution in [0.4, 0.5) is 31.0 Å². The molecule has 0 saturated carbocycles. The van der Waals surface area contributed by atoms with Gasteiger partial charge in [-0.1, -0.05) is 66.7 Å². The summed E-state index contributed by atoms with van der Waals surface area (Å²) in [5.41, 5.74) is 1.28. The van der Waals surface area contributed by atoms with Gasteiger partial charge in [0.2, 0.25) is 0 Å². The van der Waals surface area contributed by atoms with Crippen molar-refractivity contribution in [3.8, 4) is 11.5 Å². The predicted molar refractivity (Wildman–Crippen MR) is 157 cm³/mol. The molecule has 3 N–H and O–H groups in total. The van der Waals surface area contributed by atoms with Gasteiger partial charge in [0.1, 0.15) is 17.3 Å². The van der Waals surface area contributed by atoms with Crippen LogP contribution in [0.2, 0.25) is 0 Å². The van der Waals surface area contributed by atoms with Crippen LogP contribution in [0.3, 0.4) is 0 Å². The van der Waals surface area contributed by atoms with Crippen LogP contribution in [0.1, 0.15) is 0 Å². The zero-order chi connectivity index (χ0) is 27.7. The number of nitrogens with zero attached hydrogens (tertiary/aromatic N) is 1. The van der Waals surface area contributed by atoms with Crippen molar-refractivity contribution < 1.29 is 18.7 Å². The molecule has 0 spiro atoms. The van der Waals surface area contributed by atoms with E-state index in [9.17, 15) is 14.0 Å². The number of para-hydroxylation sites is 2. The summed E-state index contributed by atoms with van der Waals surface area (Å²) in [6.07, 6.45) is 0. The molecule has 8 heteroatoms. The van der Waals surface area contributed by atoms with E-state index < -0.39 is 17.9 Å². The van der Waals surface area contributed by atoms with E-state index in [0.29, 0.717) is 22.9 Å². The highest BCUT2D eigenvalue weighted by atomic mass is 19.1. The number of rotatable bonds is 8. The first-order valence-electron chi connectivity index (χ1n) is 12.8. The molecule has 0 aliphatic carbocycles. The third-order valence-electron chi connectivity index (χ3n) is 6.15. The minimum Gasteiger partial charge on any atom is -0.457 e. The van der Waals surface area contributed by atoms with Gasteiger partial charge in [0.15, 0.2) is 0 Å². The lowest BCUT2D eigenvalue weighted by molar-refractivity contribution is 0.250. The summed E-state index contributed by atoms with van der Waals surface area (Å²) < 4.78 is 20.1. The van der Waals surface area contributed by atoms with Crippen LogP contribution in [0.5, 0.6) is 11.5 Å². The van der Waals surface area contributed by atoms with Gasteiger partial charge in [-0.25, -0.2) is 14.0 Å². The van der Waals surface area contributed by atoms with Crippen LogP contribution in [0.15, 0.2) is 121 Å². The second-order valence-corrected chi connectivity index (χ2v) is 8.88. The molecule has 4 amide bonds. The standard InChI is InChI=1S/C32H27FN4O3/c33-28-14-6-7-15-30(28)36-32(39)37(24-17-19-26(20-18-24)40-25-11-2-1-3-12-25)22-21-34-31(38)35-29-16-8-10-23-9-4-5-13-27(23)29/h1-20H,21-22H2,(H,36,39)(H2,34,35,38). The number of carbonyl (C=O) groups excluding carboxylic acids is 2. The molecule has 200 valence electrons. The Bertz CT molecular complexity index is 1610. The molecule has 0 saturated heterocycles. The fourth-order valence-electron chi connectivity index (χ4n) is 4.19. The number of amides is 4. The number of carbonyl (C=O) groups is 2. The van der Waals surface area contributed by atoms with Gasteiger partial charge in [-0.05, 0) is 60.0 Å². The Kier molecular flexibility index (Phi) is 8.17. The minimum absolute atomic E-state index is 0.0585. The molecule has 7 nitrogen and oxygen atoms in total. The van der Waals surface area contributed by atoms with Crippen molar-refractivity contribution in [1.29, 1.82) is 0 Å². The Morgan fingerprint density at radius 1 is 0.675 bits per heavy atom. The van der Waals surface area contributed by atoms with E-state index in [-0.39, 0.29) is 18.8 Å². The van der Waals surface area contributed by atoms with E-state index in [2.05, 4.69) is 16.0 Å². The highest BCUT2D eigenvalue weighted by molar-refractivity contribution is 6.03. The second kappa shape index (κ2) is 12.4. The van der Waals surface area contributed by atoms with Crippen LogP contribution in [0.25, 0.3) is 10.8 Å². The van der Waals surface area contributed by atoms with Crippen LogP contribution in [-0.4, -0.2) is 25.2 Å². The SMILES string of the molecule is O=C(NCCN(C(=O)Nc1ccccc1F)c1ccc(Oc2ccccc2)cc1)Nc1cccc2ccccc12. The molecule has 0 heterocycles. The molecule has 0 unspecified atom stereocenters. The molecule has 0 aliphatic heterocycles. The zero-order valence-corrected chi connectivity index (χ0v) is 21.5. The maximum Gasteiger partial charge on any atom is 0.326 e. The Morgan fingerprint density at radius 2 is 1.32 bits per heavy atom. The molecule has 5 aromatic rings. The number of ether oxygens (including phenoxy) is 1. The van der Waals surface area contributed by atoms with Crippen molar-refractivity contribution in [1.82, 2.24) is 5.32 Å². The van der Waals surface area contributed by atoms with Gasteiger partial charge in [0.25, 0.3) is 0 Å². The van der Waals surface area contributed by atoms with Gasteiger partial charge < -0.3 is 20.7 Å². The third kappa shape index (κ3) is 6.54. The fourth-order valence-corrected chi connectivity index (χ4v) is 4.19. The van der Waals surface area contributed by atoms with Gasteiger partial charge in [0.05, 0.1) is 11.4 Å². The number of halogens is 1. The Balaban J connectivity index is 1.27. The smallest absolute Gasteiger partial charge is 0.326 e. The fraction of sp³-hybridized carbons (Fsp3) is 0.0625. The summed E-state index contributed by atoms with van der Waals surface area (Å²) in [4.78, 5) is 27.4. The molecular formula is C32H27FN4O3. The Hall–Kier alpha value is -5.37. The number of urea groups is 2. The molecule has 40 heavy (non-hydrogen) atoms. The van der Waals surface area contributed by atoms with Gasteiger partial charge in [-0.3, -0.25) is 4.90 Å². The summed E-state index contributed by atoms with van der Waals surface area (Å²) in [6.45, 7) is 0.270. The molecule has 0 aromatic heterocycles. The van der Waals surface area contributed by atoms with E-state index in [0.717, 1.165) is 10.8 Å². The van der Waals surface area contributed by atoms with Gasteiger partial charge in [0, 0.05) is 24.2 Å². The lowest BCUT2D eigenvalue weighted by atomic mass is 10.1. The van der Waals surface area contributed by atoms with Crippen molar-refractivity contribution in [2.75, 3.05) is 28.6 Å². The molecule has 5 aromatic carbocycles. The van der Waals surface area contributed by atoms with E-state index in [1.54, 1.807) is 36.4 Å². The topological polar surface area (TPSA) is 82.7 Å². The maximum atomic E-state index is 14.2. The molecule has 5 rings (SSSR count). The number of benzene rings is 5. The first-order chi connectivity index (χ1) is 19.6. The monoisotopic (exact) mass is 534 g/mol. The van der Waals surface area contributed by atoms with Crippen molar-refractivity contribution in [3.63, 3.8) is 0 Å². The summed E-state index contributed by atoms with van der Waals surface area (Å²) in [5.74, 6) is 0.734. The normalized spacial score (nSPS) is 10.5. The number of nitrogens with one attached hydrogen (secondary N) is 3.